The monoisotopic (exact) mass is 594 g/mol. The van der Waals surface area contributed by atoms with Crippen LogP contribution in [-0.2, 0) is 12.8 Å². The number of anilines is 2. The molecule has 0 spiro atoms. The molecule has 1 fully saturated rings. The van der Waals surface area contributed by atoms with Crippen LogP contribution in [-0.4, -0.2) is 68.6 Å². The van der Waals surface area contributed by atoms with Gasteiger partial charge in [0.25, 0.3) is 0 Å². The summed E-state index contributed by atoms with van der Waals surface area (Å²) in [6, 6.07) is 14.0. The van der Waals surface area contributed by atoms with E-state index >= 15 is 0 Å². The number of carboxylic acid groups (broad SMARTS) is 2. The minimum atomic E-state index is -0.938. The largest absolute Gasteiger partial charge is 0.478 e. The number of likely N-dealkylation sites (tertiary alicyclic amines) is 1. The molecule has 2 heterocycles. The molecule has 6 N–H and O–H groups in total. The van der Waals surface area contributed by atoms with Gasteiger partial charge in [-0.15, -0.1) is 0 Å². The van der Waals surface area contributed by atoms with Gasteiger partial charge in [0.2, 0.25) is 0 Å². The second kappa shape index (κ2) is 13.8. The predicted molar refractivity (Wildman–Crippen MR) is 161 cm³/mol. The Labute approximate surface area is 249 Å². The lowest BCUT2D eigenvalue weighted by atomic mass is 9.89. The fourth-order valence-corrected chi connectivity index (χ4v) is 6.13. The molecule has 1 aliphatic heterocycles. The van der Waals surface area contributed by atoms with E-state index in [4.69, 9.17) is 23.1 Å². The van der Waals surface area contributed by atoms with Crippen molar-refractivity contribution in [3.05, 3.63) is 81.6 Å². The van der Waals surface area contributed by atoms with E-state index in [1.54, 1.807) is 24.3 Å². The number of halogens is 1. The highest BCUT2D eigenvalue weighted by atomic mass is 35.5. The van der Waals surface area contributed by atoms with E-state index < -0.39 is 11.9 Å². The van der Waals surface area contributed by atoms with Crippen LogP contribution in [0.15, 0.2) is 48.5 Å². The number of quaternary nitrogens is 1. The van der Waals surface area contributed by atoms with E-state index in [0.717, 1.165) is 80.3 Å². The van der Waals surface area contributed by atoms with Crippen LogP contribution in [0.1, 0.15) is 74.4 Å². The Kier molecular flexibility index (Phi) is 10.1. The molecule has 3 aromatic rings. The van der Waals surface area contributed by atoms with Gasteiger partial charge in [0.05, 0.1) is 37.3 Å². The molecule has 0 amide bonds. The van der Waals surface area contributed by atoms with Crippen LogP contribution >= 0.6 is 11.6 Å². The first-order valence-corrected chi connectivity index (χ1v) is 14.5. The van der Waals surface area contributed by atoms with Gasteiger partial charge >= 0.3 is 11.9 Å². The highest BCUT2D eigenvalue weighted by Crippen LogP contribution is 2.30. The first-order chi connectivity index (χ1) is 20.0. The van der Waals surface area contributed by atoms with Gasteiger partial charge in [-0.3, -0.25) is 4.79 Å². The highest BCUT2D eigenvalue weighted by Gasteiger charge is 2.36. The summed E-state index contributed by atoms with van der Waals surface area (Å²) in [5.41, 5.74) is 14.4. The molecule has 1 unspecified atom stereocenters. The Morgan fingerprint density at radius 2 is 1.36 bits per heavy atom. The van der Waals surface area contributed by atoms with Crippen molar-refractivity contribution in [1.82, 2.24) is 9.97 Å². The number of rotatable bonds is 13. The quantitative estimate of drug-likeness (QED) is 0.161. The first-order valence-electron chi connectivity index (χ1n) is 14.2. The summed E-state index contributed by atoms with van der Waals surface area (Å²) in [5.74, 6) is -1.94. The Balaban J connectivity index is 1.44. The number of carbonyl (C=O) groups excluding carboxylic acids is 1. The fourth-order valence-electron chi connectivity index (χ4n) is 6.00. The summed E-state index contributed by atoms with van der Waals surface area (Å²) in [7, 11) is 0. The van der Waals surface area contributed by atoms with Gasteiger partial charge in [-0.1, -0.05) is 35.9 Å². The smallest absolute Gasteiger partial charge is 0.335 e. The molecular weight excluding hydrogens is 558 g/mol. The molecule has 0 saturated carbocycles. The van der Waals surface area contributed by atoms with E-state index in [1.165, 1.54) is 0 Å². The topological polar surface area (TPSA) is 169 Å². The highest BCUT2D eigenvalue weighted by molar-refractivity contribution is 6.31. The summed E-state index contributed by atoms with van der Waals surface area (Å²) in [6.45, 7) is 3.71. The van der Waals surface area contributed by atoms with E-state index in [-0.39, 0.29) is 45.3 Å². The molecule has 11 heteroatoms. The summed E-state index contributed by atoms with van der Waals surface area (Å²) in [5, 5.41) is 18.3. The SMILES string of the molecule is Nc1nc(N)c(C(=O)CC2CCC[N+](CCCc3ccc(C(=O)O)cc3)(CCCc3ccc(C(=O)O)cc3)C2)nc1Cl. The van der Waals surface area contributed by atoms with Crippen molar-refractivity contribution >= 4 is 41.0 Å². The van der Waals surface area contributed by atoms with Crippen molar-refractivity contribution in [1.29, 1.82) is 0 Å². The lowest BCUT2D eigenvalue weighted by Gasteiger charge is -2.45. The summed E-state index contributed by atoms with van der Waals surface area (Å²) in [4.78, 5) is 43.6. The number of carbonyl (C=O) groups is 3. The molecule has 10 nitrogen and oxygen atoms in total. The number of piperidine rings is 1. The second-order valence-electron chi connectivity index (χ2n) is 11.2. The average Bonchev–Trinajstić information content (AvgIpc) is 2.95. The van der Waals surface area contributed by atoms with Gasteiger partial charge in [-0.2, -0.15) is 0 Å². The maximum Gasteiger partial charge on any atom is 0.335 e. The molecule has 0 bridgehead atoms. The summed E-state index contributed by atoms with van der Waals surface area (Å²) < 4.78 is 0.877. The number of hydrogen-bond donors (Lipinski definition) is 4. The number of aromatic nitrogens is 2. The van der Waals surface area contributed by atoms with E-state index in [2.05, 4.69) is 9.97 Å². The van der Waals surface area contributed by atoms with Crippen LogP contribution in [0.5, 0.6) is 0 Å². The van der Waals surface area contributed by atoms with Crippen molar-refractivity contribution in [2.45, 2.75) is 44.9 Å². The van der Waals surface area contributed by atoms with Crippen molar-refractivity contribution in [2.75, 3.05) is 37.6 Å². The van der Waals surface area contributed by atoms with Gasteiger partial charge in [-0.05, 0) is 61.1 Å². The normalized spacial score (nSPS) is 16.2. The van der Waals surface area contributed by atoms with Crippen molar-refractivity contribution in [3.8, 4) is 0 Å². The van der Waals surface area contributed by atoms with Gasteiger partial charge in [0, 0.05) is 25.2 Å². The average molecular weight is 595 g/mol. The zero-order chi connectivity index (χ0) is 30.3. The number of ketones is 1. The first kappa shape index (κ1) is 30.9. The molecule has 222 valence electrons. The van der Waals surface area contributed by atoms with Crippen LogP contribution in [0.25, 0.3) is 0 Å². The minimum Gasteiger partial charge on any atom is -0.478 e. The van der Waals surface area contributed by atoms with Gasteiger partial charge in [0.1, 0.15) is 5.69 Å². The minimum absolute atomic E-state index is 0.00531. The molecule has 2 aromatic carbocycles. The third-order valence-corrected chi connectivity index (χ3v) is 8.41. The number of aromatic carboxylic acids is 2. The zero-order valence-electron chi connectivity index (χ0n) is 23.5. The number of Topliss-reactive ketones (excluding diaryl/α,β-unsaturated/α-hetero) is 1. The van der Waals surface area contributed by atoms with E-state index in [9.17, 15) is 24.6 Å². The molecule has 0 aliphatic carbocycles. The Hall–Kier alpha value is -4.02. The third-order valence-electron chi connectivity index (χ3n) is 8.13. The molecule has 4 rings (SSSR count). The standard InChI is InChI=1S/C31H36ClN5O5/c32-27-29(34)36-28(33)26(35-27)25(38)18-22-6-3-17-37(19-22,15-1-4-20-7-11-23(12-8-20)30(39)40)16-2-5-21-9-13-24(14-10-21)31(41)42/h7-14,22H,1-6,15-19H2,(H5-,33,34,36,38,39,40,41,42)/p+1. The number of nitrogen functional groups attached to an aromatic ring is 2. The molecule has 1 saturated heterocycles. The van der Waals surface area contributed by atoms with Crippen molar-refractivity contribution in [2.24, 2.45) is 5.92 Å². The lowest BCUT2D eigenvalue weighted by Crippen LogP contribution is -2.55. The van der Waals surface area contributed by atoms with Crippen LogP contribution in [0, 0.1) is 5.92 Å². The number of benzene rings is 2. The van der Waals surface area contributed by atoms with Crippen LogP contribution in [0.4, 0.5) is 11.6 Å². The van der Waals surface area contributed by atoms with Gasteiger partial charge < -0.3 is 26.2 Å². The molecule has 42 heavy (non-hydrogen) atoms. The van der Waals surface area contributed by atoms with E-state index in [0.29, 0.717) is 6.42 Å². The molecule has 1 atom stereocenters. The number of carboxylic acids is 2. The molecular formula is C31H37ClN5O5+. The Bertz CT molecular complexity index is 1370. The summed E-state index contributed by atoms with van der Waals surface area (Å²) >= 11 is 6.01. The molecule has 1 aromatic heterocycles. The van der Waals surface area contributed by atoms with E-state index in [1.807, 2.05) is 24.3 Å². The second-order valence-corrected chi connectivity index (χ2v) is 11.5. The molecule has 1 aliphatic rings. The maximum absolute atomic E-state index is 13.2. The van der Waals surface area contributed by atoms with Gasteiger partial charge in [0.15, 0.2) is 22.6 Å². The fraction of sp³-hybridized carbons (Fsp3) is 0.387. The molecule has 0 radical (unpaired) electrons. The van der Waals surface area contributed by atoms with Crippen LogP contribution in [0.2, 0.25) is 5.15 Å². The van der Waals surface area contributed by atoms with Crippen LogP contribution < -0.4 is 11.5 Å². The number of hydrogen-bond acceptors (Lipinski definition) is 7. The third kappa shape index (κ3) is 8.04. The zero-order valence-corrected chi connectivity index (χ0v) is 24.2. The predicted octanol–water partition coefficient (Wildman–Crippen LogP) is 4.76. The number of aryl methyl sites for hydroxylation is 2. The van der Waals surface area contributed by atoms with Crippen molar-refractivity contribution < 1.29 is 29.1 Å². The van der Waals surface area contributed by atoms with Crippen LogP contribution in [0.3, 0.4) is 0 Å². The van der Waals surface area contributed by atoms with Gasteiger partial charge in [-0.25, -0.2) is 19.6 Å². The number of nitrogens with two attached hydrogens (primary N) is 2. The maximum atomic E-state index is 13.2. The lowest BCUT2D eigenvalue weighted by molar-refractivity contribution is -0.936. The Morgan fingerprint density at radius 1 is 0.833 bits per heavy atom. The number of nitrogens with zero attached hydrogens (tertiary/aromatic N) is 3. The Morgan fingerprint density at radius 3 is 1.86 bits per heavy atom. The van der Waals surface area contributed by atoms with Crippen molar-refractivity contribution in [3.63, 3.8) is 0 Å². The summed E-state index contributed by atoms with van der Waals surface area (Å²) in [6.07, 6.45) is 5.72.